The molecule has 3 rings (SSSR count). The molecule has 1 aromatic heterocycles. The molecule has 1 aliphatic heterocycles. The van der Waals surface area contributed by atoms with Crippen LogP contribution in [0.1, 0.15) is 37.7 Å². The van der Waals surface area contributed by atoms with Crippen LogP contribution in [0.2, 0.25) is 0 Å². The summed E-state index contributed by atoms with van der Waals surface area (Å²) in [6.07, 6.45) is 0.806. The molecule has 0 aliphatic carbocycles. The highest BCUT2D eigenvalue weighted by molar-refractivity contribution is 6.13. The van der Waals surface area contributed by atoms with E-state index < -0.39 is 5.60 Å². The van der Waals surface area contributed by atoms with E-state index in [-0.39, 0.29) is 18.8 Å². The van der Waals surface area contributed by atoms with Gasteiger partial charge in [-0.1, -0.05) is 6.07 Å². The summed E-state index contributed by atoms with van der Waals surface area (Å²) in [7, 11) is 0. The quantitative estimate of drug-likeness (QED) is 0.859. The second-order valence-electron chi connectivity index (χ2n) is 7.41. The molecule has 0 unspecified atom stereocenters. The molecule has 132 valence electrons. The summed E-state index contributed by atoms with van der Waals surface area (Å²) in [5, 5.41) is 10.00. The first-order chi connectivity index (χ1) is 11.2. The Hall–Kier alpha value is -1.14. The molecule has 1 saturated heterocycles. The third-order valence-electron chi connectivity index (χ3n) is 4.48. The van der Waals surface area contributed by atoms with Gasteiger partial charge in [-0.25, -0.2) is 9.40 Å². The average Bonchev–Trinajstić information content (AvgIpc) is 2.79. The topological polar surface area (TPSA) is 50.5 Å². The van der Waals surface area contributed by atoms with Gasteiger partial charge in [0, 0.05) is 13.1 Å². The molecular weight excluding hydrogens is 326 g/mol. The van der Waals surface area contributed by atoms with Gasteiger partial charge in [0.2, 0.25) is 0 Å². The fourth-order valence-corrected chi connectivity index (χ4v) is 3.62. The van der Waals surface area contributed by atoms with Gasteiger partial charge in [0.1, 0.15) is 5.82 Å². The summed E-state index contributed by atoms with van der Waals surface area (Å²) < 4.78 is 10.1. The number of hydrogen-bond donors (Lipinski definition) is 1. The van der Waals surface area contributed by atoms with Crippen LogP contribution in [0.5, 0.6) is 0 Å². The summed E-state index contributed by atoms with van der Waals surface area (Å²) in [6.45, 7) is 9.34. The molecule has 2 atom stereocenters. The molecular formula is C18H26ClN3O2. The van der Waals surface area contributed by atoms with E-state index >= 15 is 0 Å². The molecule has 2 heterocycles. The van der Waals surface area contributed by atoms with Gasteiger partial charge in [-0.3, -0.25) is 0 Å². The van der Waals surface area contributed by atoms with E-state index in [0.717, 1.165) is 29.8 Å². The van der Waals surface area contributed by atoms with E-state index in [0.29, 0.717) is 6.54 Å². The van der Waals surface area contributed by atoms with Crippen molar-refractivity contribution >= 4 is 22.8 Å². The molecule has 6 heteroatoms. The lowest BCUT2D eigenvalue weighted by Crippen LogP contribution is -2.44. The summed E-state index contributed by atoms with van der Waals surface area (Å²) in [6, 6.07) is 6.52. The largest absolute Gasteiger partial charge is 0.388 e. The van der Waals surface area contributed by atoms with Gasteiger partial charge < -0.3 is 14.4 Å². The number of hydrogen-bond acceptors (Lipinski definition) is 4. The van der Waals surface area contributed by atoms with Crippen LogP contribution >= 0.6 is 11.8 Å². The van der Waals surface area contributed by atoms with Crippen molar-refractivity contribution in [3.63, 3.8) is 0 Å². The fourth-order valence-electron chi connectivity index (χ4n) is 3.38. The van der Waals surface area contributed by atoms with Gasteiger partial charge in [0.25, 0.3) is 0 Å². The first-order valence-corrected chi connectivity index (χ1v) is 8.78. The number of rotatable bonds is 4. The number of piperidine rings is 1. The van der Waals surface area contributed by atoms with Crippen LogP contribution < -0.4 is 0 Å². The first kappa shape index (κ1) is 17.7. The van der Waals surface area contributed by atoms with Crippen LogP contribution in [0.25, 0.3) is 11.0 Å². The van der Waals surface area contributed by atoms with Crippen molar-refractivity contribution in [2.45, 2.75) is 51.9 Å². The van der Waals surface area contributed by atoms with E-state index in [1.165, 1.54) is 5.56 Å². The Morgan fingerprint density at radius 2 is 2.12 bits per heavy atom. The predicted molar refractivity (Wildman–Crippen MR) is 96.3 cm³/mol. The maximum absolute atomic E-state index is 10.00. The minimum atomic E-state index is -0.859. The number of aliphatic hydroxyl groups is 1. The van der Waals surface area contributed by atoms with Crippen LogP contribution in [0.4, 0.5) is 0 Å². The summed E-state index contributed by atoms with van der Waals surface area (Å²) >= 11 is 6.23. The molecule has 1 aliphatic rings. The fraction of sp³-hybridized carbons (Fsp3) is 0.611. The number of nitrogens with zero attached hydrogens (tertiary/aromatic N) is 3. The normalized spacial score (nSPS) is 23.1. The van der Waals surface area contributed by atoms with E-state index in [4.69, 9.17) is 21.5 Å². The minimum absolute atomic E-state index is 0.0833. The van der Waals surface area contributed by atoms with Gasteiger partial charge >= 0.3 is 0 Å². The number of aromatic nitrogens is 2. The van der Waals surface area contributed by atoms with Crippen molar-refractivity contribution in [3.05, 3.63) is 29.6 Å². The molecule has 0 bridgehead atoms. The molecule has 1 N–H and O–H groups in total. The van der Waals surface area contributed by atoms with Crippen molar-refractivity contribution < 1.29 is 9.84 Å². The SMILES string of the molecule is Cc1ccc2c(c1)nc(C)n2[C@@H]1CCN(Cl)C[C@H]1OCC(C)(C)O. The highest BCUT2D eigenvalue weighted by Crippen LogP contribution is 2.32. The molecule has 1 fully saturated rings. The summed E-state index contributed by atoms with van der Waals surface area (Å²) in [5.74, 6) is 0.987. The maximum Gasteiger partial charge on any atom is 0.107 e. The number of halogens is 1. The second-order valence-corrected chi connectivity index (χ2v) is 7.89. The van der Waals surface area contributed by atoms with Gasteiger partial charge in [-0.05, 0) is 63.6 Å². The standard InChI is InChI=1S/C18H26ClN3O2/c1-12-5-6-15-14(9-12)20-13(2)22(15)16-7-8-21(19)10-17(16)24-11-18(3,4)23/h5-6,9,16-17,23H,7-8,10-11H2,1-4H3/t16-,17-/m1/s1. The Labute approximate surface area is 148 Å². The predicted octanol–water partition coefficient (Wildman–Crippen LogP) is 3.21. The van der Waals surface area contributed by atoms with Crippen molar-refractivity contribution in [1.82, 2.24) is 14.0 Å². The zero-order valence-electron chi connectivity index (χ0n) is 14.8. The second kappa shape index (κ2) is 6.64. The monoisotopic (exact) mass is 351 g/mol. The Morgan fingerprint density at radius 3 is 2.83 bits per heavy atom. The van der Waals surface area contributed by atoms with Gasteiger partial charge in [-0.15, -0.1) is 0 Å². The number of ether oxygens (including phenoxy) is 1. The Kier molecular flexibility index (Phi) is 4.89. The van der Waals surface area contributed by atoms with Gasteiger partial charge in [0.05, 0.1) is 35.4 Å². The lowest BCUT2D eigenvalue weighted by molar-refractivity contribution is -0.0811. The molecule has 24 heavy (non-hydrogen) atoms. The third kappa shape index (κ3) is 3.75. The Bertz CT molecular complexity index is 723. The molecule has 0 saturated carbocycles. The van der Waals surface area contributed by atoms with Crippen LogP contribution in [-0.2, 0) is 4.74 Å². The minimum Gasteiger partial charge on any atom is -0.388 e. The zero-order valence-corrected chi connectivity index (χ0v) is 15.5. The summed E-state index contributed by atoms with van der Waals surface area (Å²) in [5.41, 5.74) is 2.49. The molecule has 0 spiro atoms. The number of benzene rings is 1. The molecule has 2 aromatic rings. The highest BCUT2D eigenvalue weighted by Gasteiger charge is 2.33. The van der Waals surface area contributed by atoms with Crippen molar-refractivity contribution in [3.8, 4) is 0 Å². The van der Waals surface area contributed by atoms with E-state index in [9.17, 15) is 5.11 Å². The van der Waals surface area contributed by atoms with Crippen LogP contribution in [0, 0.1) is 13.8 Å². The lowest BCUT2D eigenvalue weighted by Gasteiger charge is -2.37. The number of aryl methyl sites for hydroxylation is 2. The Morgan fingerprint density at radius 1 is 1.38 bits per heavy atom. The van der Waals surface area contributed by atoms with E-state index in [2.05, 4.69) is 29.7 Å². The lowest BCUT2D eigenvalue weighted by atomic mass is 10.0. The number of fused-ring (bicyclic) bond motifs is 1. The summed E-state index contributed by atoms with van der Waals surface area (Å²) in [4.78, 5) is 4.72. The third-order valence-corrected chi connectivity index (χ3v) is 4.79. The van der Waals surface area contributed by atoms with E-state index in [1.54, 1.807) is 18.3 Å². The van der Waals surface area contributed by atoms with Crippen molar-refractivity contribution in [2.24, 2.45) is 0 Å². The number of imidazole rings is 1. The molecule has 1 aromatic carbocycles. The highest BCUT2D eigenvalue weighted by atomic mass is 35.5. The maximum atomic E-state index is 10.00. The first-order valence-electron chi connectivity index (χ1n) is 8.44. The Balaban J connectivity index is 1.94. The smallest absolute Gasteiger partial charge is 0.107 e. The van der Waals surface area contributed by atoms with Crippen molar-refractivity contribution in [2.75, 3.05) is 19.7 Å². The molecule has 0 amide bonds. The van der Waals surface area contributed by atoms with Crippen LogP contribution in [0.3, 0.4) is 0 Å². The zero-order chi connectivity index (χ0) is 17.5. The molecule has 5 nitrogen and oxygen atoms in total. The van der Waals surface area contributed by atoms with Gasteiger partial charge in [0.15, 0.2) is 0 Å². The van der Waals surface area contributed by atoms with Gasteiger partial charge in [-0.2, -0.15) is 0 Å². The van der Waals surface area contributed by atoms with E-state index in [1.807, 2.05) is 6.92 Å². The average molecular weight is 352 g/mol. The van der Waals surface area contributed by atoms with Crippen LogP contribution in [-0.4, -0.2) is 50.5 Å². The van der Waals surface area contributed by atoms with Crippen LogP contribution in [0.15, 0.2) is 18.2 Å². The molecule has 0 radical (unpaired) electrons. The van der Waals surface area contributed by atoms with Crippen molar-refractivity contribution in [1.29, 1.82) is 0 Å².